The van der Waals surface area contributed by atoms with Crippen LogP contribution in [0, 0.1) is 25.7 Å². The van der Waals surface area contributed by atoms with Crippen LogP contribution in [-0.2, 0) is 9.53 Å². The van der Waals surface area contributed by atoms with Crippen LogP contribution in [0.1, 0.15) is 47.7 Å². The molecule has 3 amide bonds. The van der Waals surface area contributed by atoms with Crippen molar-refractivity contribution in [3.8, 4) is 0 Å². The van der Waals surface area contributed by atoms with E-state index in [9.17, 15) is 14.4 Å². The Bertz CT molecular complexity index is 1180. The van der Waals surface area contributed by atoms with Gasteiger partial charge in [0.1, 0.15) is 11.9 Å². The zero-order chi connectivity index (χ0) is 28.2. The van der Waals surface area contributed by atoms with Gasteiger partial charge in [0.05, 0.1) is 0 Å². The molecule has 9 heteroatoms. The fourth-order valence-corrected chi connectivity index (χ4v) is 6.51. The topological polar surface area (TPSA) is 86.3 Å². The summed E-state index contributed by atoms with van der Waals surface area (Å²) in [4.78, 5) is 50.5. The van der Waals surface area contributed by atoms with Crippen molar-refractivity contribution in [3.63, 3.8) is 0 Å². The standard InChI is InChI=1S/C31H41N5O4/c1-22-8-6-9-23(2)29(22)30(38)35-20-25-18-33(19-26(25)21-35)14-7-15-36(28-10-4-5-13-32-28)31(39)40-27-11-16-34(17-12-27)24(3)37/h4-6,8-10,13,25-27H,7,11-12,14-21H2,1-3H3. The molecule has 9 nitrogen and oxygen atoms in total. The number of likely N-dealkylation sites (tertiary alicyclic amines) is 3. The van der Waals surface area contributed by atoms with Gasteiger partial charge in [-0.15, -0.1) is 0 Å². The number of benzene rings is 1. The second-order valence-corrected chi connectivity index (χ2v) is 11.5. The number of amides is 3. The predicted molar refractivity (Wildman–Crippen MR) is 153 cm³/mol. The first kappa shape index (κ1) is 28.1. The van der Waals surface area contributed by atoms with Crippen LogP contribution >= 0.6 is 0 Å². The molecule has 2 atom stereocenters. The predicted octanol–water partition coefficient (Wildman–Crippen LogP) is 3.75. The molecule has 4 heterocycles. The van der Waals surface area contributed by atoms with Gasteiger partial charge in [-0.25, -0.2) is 9.78 Å². The molecule has 1 aromatic carbocycles. The number of anilines is 1. The van der Waals surface area contributed by atoms with Crippen LogP contribution in [0.5, 0.6) is 0 Å². The molecule has 40 heavy (non-hydrogen) atoms. The van der Waals surface area contributed by atoms with Gasteiger partial charge < -0.3 is 19.4 Å². The Kier molecular flexibility index (Phi) is 8.69. The minimum absolute atomic E-state index is 0.0617. The SMILES string of the molecule is CC(=O)N1CCC(OC(=O)N(CCCN2CC3CN(C(=O)c4c(C)cccc4C)CC3C2)c2ccccn2)CC1. The molecule has 214 valence electrons. The first-order valence-electron chi connectivity index (χ1n) is 14.5. The van der Waals surface area contributed by atoms with Crippen molar-refractivity contribution in [2.45, 2.75) is 46.1 Å². The molecule has 0 spiro atoms. The molecule has 2 unspecified atom stereocenters. The molecular weight excluding hydrogens is 506 g/mol. The lowest BCUT2D eigenvalue weighted by atomic mass is 10.0. The van der Waals surface area contributed by atoms with Gasteiger partial charge >= 0.3 is 6.09 Å². The van der Waals surface area contributed by atoms with Gasteiger partial charge in [0.25, 0.3) is 5.91 Å². The highest BCUT2D eigenvalue weighted by molar-refractivity contribution is 5.97. The summed E-state index contributed by atoms with van der Waals surface area (Å²) in [5, 5.41) is 0. The summed E-state index contributed by atoms with van der Waals surface area (Å²) in [6, 6.07) is 11.6. The summed E-state index contributed by atoms with van der Waals surface area (Å²) < 4.78 is 5.86. The minimum Gasteiger partial charge on any atom is -0.446 e. The highest BCUT2D eigenvalue weighted by atomic mass is 16.6. The molecule has 0 saturated carbocycles. The summed E-state index contributed by atoms with van der Waals surface area (Å²) in [6.07, 6.45) is 3.23. The number of hydrogen-bond acceptors (Lipinski definition) is 6. The summed E-state index contributed by atoms with van der Waals surface area (Å²) in [7, 11) is 0. The van der Waals surface area contributed by atoms with Crippen LogP contribution in [0.3, 0.4) is 0 Å². The lowest BCUT2D eigenvalue weighted by Gasteiger charge is -2.32. The lowest BCUT2D eigenvalue weighted by molar-refractivity contribution is -0.130. The van der Waals surface area contributed by atoms with E-state index in [4.69, 9.17) is 4.74 Å². The van der Waals surface area contributed by atoms with E-state index < -0.39 is 0 Å². The highest BCUT2D eigenvalue weighted by Gasteiger charge is 2.42. The van der Waals surface area contributed by atoms with E-state index in [0.717, 1.165) is 55.8 Å². The molecule has 3 saturated heterocycles. The highest BCUT2D eigenvalue weighted by Crippen LogP contribution is 2.32. The maximum absolute atomic E-state index is 13.3. The number of fused-ring (bicyclic) bond motifs is 1. The van der Waals surface area contributed by atoms with Crippen molar-refractivity contribution < 1.29 is 19.1 Å². The fraction of sp³-hybridized carbons (Fsp3) is 0.548. The van der Waals surface area contributed by atoms with Crippen LogP contribution in [0.2, 0.25) is 0 Å². The Labute approximate surface area is 237 Å². The zero-order valence-corrected chi connectivity index (χ0v) is 23.9. The van der Waals surface area contributed by atoms with Crippen molar-refractivity contribution in [1.82, 2.24) is 19.7 Å². The first-order valence-corrected chi connectivity index (χ1v) is 14.5. The number of piperidine rings is 1. The number of ether oxygens (including phenoxy) is 1. The van der Waals surface area contributed by atoms with E-state index in [1.165, 1.54) is 0 Å². The van der Waals surface area contributed by atoms with Crippen LogP contribution in [-0.4, -0.2) is 96.1 Å². The van der Waals surface area contributed by atoms with E-state index in [-0.39, 0.29) is 24.0 Å². The molecule has 0 bridgehead atoms. The molecule has 3 aliphatic heterocycles. The number of hydrogen-bond donors (Lipinski definition) is 0. The number of pyridine rings is 1. The molecule has 0 aliphatic carbocycles. The Balaban J connectivity index is 1.11. The Morgan fingerprint density at radius 3 is 2.20 bits per heavy atom. The number of aromatic nitrogens is 1. The van der Waals surface area contributed by atoms with E-state index >= 15 is 0 Å². The van der Waals surface area contributed by atoms with Crippen molar-refractivity contribution in [2.75, 3.05) is 57.3 Å². The maximum Gasteiger partial charge on any atom is 0.415 e. The number of nitrogens with zero attached hydrogens (tertiary/aromatic N) is 5. The molecule has 1 aromatic heterocycles. The Hall–Kier alpha value is -3.46. The van der Waals surface area contributed by atoms with E-state index in [2.05, 4.69) is 9.88 Å². The van der Waals surface area contributed by atoms with Crippen molar-refractivity contribution in [3.05, 3.63) is 59.3 Å². The average molecular weight is 548 g/mol. The van der Waals surface area contributed by atoms with E-state index in [0.29, 0.717) is 50.1 Å². The van der Waals surface area contributed by atoms with Gasteiger partial charge in [-0.1, -0.05) is 24.3 Å². The summed E-state index contributed by atoms with van der Waals surface area (Å²) in [6.45, 7) is 11.8. The second-order valence-electron chi connectivity index (χ2n) is 11.5. The van der Waals surface area contributed by atoms with Gasteiger partial charge in [0.15, 0.2) is 0 Å². The van der Waals surface area contributed by atoms with Crippen molar-refractivity contribution in [1.29, 1.82) is 0 Å². The van der Waals surface area contributed by atoms with Crippen LogP contribution in [0.15, 0.2) is 42.6 Å². The first-order chi connectivity index (χ1) is 19.3. The number of carbonyl (C=O) groups is 3. The largest absolute Gasteiger partial charge is 0.446 e. The lowest BCUT2D eigenvalue weighted by Crippen LogP contribution is -2.43. The fourth-order valence-electron chi connectivity index (χ4n) is 6.51. The number of carbonyl (C=O) groups excluding carboxylic acids is 3. The molecular formula is C31H41N5O4. The molecule has 2 aromatic rings. The maximum atomic E-state index is 13.3. The van der Waals surface area contributed by atoms with Gasteiger partial charge in [0.2, 0.25) is 5.91 Å². The van der Waals surface area contributed by atoms with Gasteiger partial charge in [0, 0.05) is 77.3 Å². The quantitative estimate of drug-likeness (QED) is 0.525. The summed E-state index contributed by atoms with van der Waals surface area (Å²) in [5.41, 5.74) is 2.94. The van der Waals surface area contributed by atoms with Gasteiger partial charge in [-0.2, -0.15) is 0 Å². The molecule has 0 N–H and O–H groups in total. The third kappa shape index (κ3) is 6.30. The van der Waals surface area contributed by atoms with Crippen molar-refractivity contribution >= 4 is 23.7 Å². The minimum atomic E-state index is -0.376. The molecule has 3 aliphatic rings. The molecule has 5 rings (SSSR count). The van der Waals surface area contributed by atoms with E-state index in [1.54, 1.807) is 22.9 Å². The van der Waals surface area contributed by atoms with Crippen LogP contribution in [0.4, 0.5) is 10.6 Å². The monoisotopic (exact) mass is 547 g/mol. The smallest absolute Gasteiger partial charge is 0.415 e. The third-order valence-electron chi connectivity index (χ3n) is 8.70. The van der Waals surface area contributed by atoms with Crippen molar-refractivity contribution in [2.24, 2.45) is 11.8 Å². The van der Waals surface area contributed by atoms with Crippen LogP contribution in [0.25, 0.3) is 0 Å². The average Bonchev–Trinajstić information content (AvgIpc) is 3.51. The third-order valence-corrected chi connectivity index (χ3v) is 8.70. The van der Waals surface area contributed by atoms with Gasteiger partial charge in [-0.05, 0) is 61.9 Å². The normalized spacial score (nSPS) is 21.4. The molecule has 0 radical (unpaired) electrons. The van der Waals surface area contributed by atoms with E-state index in [1.807, 2.05) is 55.1 Å². The summed E-state index contributed by atoms with van der Waals surface area (Å²) in [5.74, 6) is 1.80. The zero-order valence-electron chi connectivity index (χ0n) is 23.9. The Morgan fingerprint density at radius 2 is 1.60 bits per heavy atom. The number of aryl methyl sites for hydroxylation is 2. The molecule has 3 fully saturated rings. The second kappa shape index (κ2) is 12.4. The van der Waals surface area contributed by atoms with Gasteiger partial charge in [-0.3, -0.25) is 14.5 Å². The Morgan fingerprint density at radius 1 is 0.925 bits per heavy atom. The number of rotatable bonds is 7. The van der Waals surface area contributed by atoms with Crippen LogP contribution < -0.4 is 4.90 Å². The summed E-state index contributed by atoms with van der Waals surface area (Å²) >= 11 is 0.